The predicted octanol–water partition coefficient (Wildman–Crippen LogP) is 2.09. The van der Waals surface area contributed by atoms with Crippen LogP contribution >= 0.6 is 11.8 Å². The summed E-state index contributed by atoms with van der Waals surface area (Å²) in [4.78, 5) is 11.3. The molecule has 1 rings (SSSR count). The second-order valence-electron chi connectivity index (χ2n) is 4.15. The number of alkyl halides is 2. The molecule has 21 heavy (non-hydrogen) atoms. The normalized spacial score (nSPS) is 13.0. The van der Waals surface area contributed by atoms with Gasteiger partial charge in [-0.2, -0.15) is 20.5 Å². The van der Waals surface area contributed by atoms with E-state index in [0.717, 1.165) is 12.1 Å². The Morgan fingerprint density at radius 1 is 1.38 bits per heavy atom. The van der Waals surface area contributed by atoms with E-state index in [-0.39, 0.29) is 0 Å². The van der Waals surface area contributed by atoms with E-state index >= 15 is 0 Å². The zero-order chi connectivity index (χ0) is 16.0. The Hall–Kier alpha value is -1.35. The van der Waals surface area contributed by atoms with Gasteiger partial charge in [-0.3, -0.25) is 4.79 Å². The number of ether oxygens (including phenoxy) is 1. The highest BCUT2D eigenvalue weighted by molar-refractivity contribution is 7.98. The van der Waals surface area contributed by atoms with Crippen LogP contribution in [0.4, 0.5) is 8.78 Å². The van der Waals surface area contributed by atoms with Crippen molar-refractivity contribution in [3.63, 3.8) is 0 Å². The Balaban J connectivity index is 3.00. The van der Waals surface area contributed by atoms with Gasteiger partial charge in [0.25, 0.3) is 10.0 Å². The molecule has 1 N–H and O–H groups in total. The maximum atomic E-state index is 12.3. The molecule has 0 aliphatic carbocycles. The molecule has 1 aromatic carbocycles. The quantitative estimate of drug-likeness (QED) is 0.823. The number of rotatable bonds is 7. The van der Waals surface area contributed by atoms with Gasteiger partial charge in [0.15, 0.2) is 0 Å². The third-order valence-electron chi connectivity index (χ3n) is 2.45. The van der Waals surface area contributed by atoms with E-state index in [1.54, 1.807) is 13.2 Å². The van der Waals surface area contributed by atoms with Crippen molar-refractivity contribution in [3.8, 4) is 5.75 Å². The molecule has 0 saturated heterocycles. The Morgan fingerprint density at radius 3 is 2.57 bits per heavy atom. The summed E-state index contributed by atoms with van der Waals surface area (Å²) in [7, 11) is -4.27. The molecule has 1 amide bonds. The number of thioether (sulfide) groups is 1. The smallest absolute Gasteiger partial charge is 0.387 e. The monoisotopic (exact) mass is 339 g/mol. The number of carbonyl (C=O) groups excluding carboxylic acids is 1. The molecule has 0 aromatic heterocycles. The minimum Gasteiger partial charge on any atom is -0.433 e. The minimum absolute atomic E-state index is 0.441. The van der Waals surface area contributed by atoms with Gasteiger partial charge in [0.1, 0.15) is 10.6 Å². The van der Waals surface area contributed by atoms with Gasteiger partial charge in [0.2, 0.25) is 5.91 Å². The summed E-state index contributed by atoms with van der Waals surface area (Å²) in [5.74, 6) is -1.30. The first kappa shape index (κ1) is 17.7. The fourth-order valence-corrected chi connectivity index (χ4v) is 3.35. The van der Waals surface area contributed by atoms with Gasteiger partial charge in [0, 0.05) is 11.7 Å². The van der Waals surface area contributed by atoms with E-state index in [4.69, 9.17) is 0 Å². The molecule has 0 radical (unpaired) electrons. The number of amides is 1. The maximum Gasteiger partial charge on any atom is 0.387 e. The van der Waals surface area contributed by atoms with Gasteiger partial charge in [0.05, 0.1) is 0 Å². The average Bonchev–Trinajstić information content (AvgIpc) is 2.38. The molecule has 0 fully saturated rings. The molecule has 0 saturated carbocycles. The summed E-state index contributed by atoms with van der Waals surface area (Å²) in [5, 5.41) is 0. The summed E-state index contributed by atoms with van der Waals surface area (Å²) in [5.41, 5.74) is 0. The fraction of sp³-hybridized carbons (Fsp3) is 0.417. The van der Waals surface area contributed by atoms with Gasteiger partial charge >= 0.3 is 6.61 Å². The highest BCUT2D eigenvalue weighted by Gasteiger charge is 2.25. The van der Waals surface area contributed by atoms with Crippen LogP contribution < -0.4 is 9.46 Å². The SMILES string of the molecule is CSCC(C)C(=O)NS(=O)(=O)c1ccccc1OC(F)F. The fourth-order valence-electron chi connectivity index (χ4n) is 1.48. The average molecular weight is 339 g/mol. The lowest BCUT2D eigenvalue weighted by atomic mass is 10.2. The lowest BCUT2D eigenvalue weighted by molar-refractivity contribution is -0.122. The van der Waals surface area contributed by atoms with Crippen molar-refractivity contribution >= 4 is 27.7 Å². The zero-order valence-electron chi connectivity index (χ0n) is 11.4. The maximum absolute atomic E-state index is 12.3. The van der Waals surface area contributed by atoms with Gasteiger partial charge in [-0.15, -0.1) is 0 Å². The summed E-state index contributed by atoms with van der Waals surface area (Å²) in [6.45, 7) is -1.59. The number of hydrogen-bond acceptors (Lipinski definition) is 5. The highest BCUT2D eigenvalue weighted by atomic mass is 32.2. The summed E-state index contributed by atoms with van der Waals surface area (Å²) in [6.07, 6.45) is 1.78. The second-order valence-corrected chi connectivity index (χ2v) is 6.71. The Morgan fingerprint density at radius 2 is 2.00 bits per heavy atom. The van der Waals surface area contributed by atoms with Gasteiger partial charge in [-0.1, -0.05) is 19.1 Å². The highest BCUT2D eigenvalue weighted by Crippen LogP contribution is 2.25. The van der Waals surface area contributed by atoms with Crippen LogP contribution in [0.25, 0.3) is 0 Å². The Labute approximate surface area is 126 Å². The van der Waals surface area contributed by atoms with E-state index < -0.39 is 39.1 Å². The molecule has 5 nitrogen and oxygen atoms in total. The number of sulfonamides is 1. The number of benzene rings is 1. The van der Waals surface area contributed by atoms with E-state index in [1.165, 1.54) is 23.9 Å². The van der Waals surface area contributed by atoms with Crippen LogP contribution in [0, 0.1) is 5.92 Å². The van der Waals surface area contributed by atoms with E-state index in [0.29, 0.717) is 5.75 Å². The van der Waals surface area contributed by atoms with Crippen molar-refractivity contribution in [3.05, 3.63) is 24.3 Å². The van der Waals surface area contributed by atoms with Gasteiger partial charge in [-0.05, 0) is 18.4 Å². The molecule has 0 aliphatic heterocycles. The lowest BCUT2D eigenvalue weighted by Crippen LogP contribution is -2.35. The molecular weight excluding hydrogens is 324 g/mol. The number of hydrogen-bond donors (Lipinski definition) is 1. The molecule has 1 aromatic rings. The number of nitrogens with one attached hydrogen (secondary N) is 1. The Kier molecular flexibility index (Phi) is 6.41. The van der Waals surface area contributed by atoms with Crippen molar-refractivity contribution in [2.45, 2.75) is 18.4 Å². The van der Waals surface area contributed by atoms with Crippen molar-refractivity contribution in [1.29, 1.82) is 0 Å². The predicted molar refractivity (Wildman–Crippen MR) is 75.9 cm³/mol. The van der Waals surface area contributed by atoms with Crippen LogP contribution in [-0.2, 0) is 14.8 Å². The molecule has 0 bridgehead atoms. The van der Waals surface area contributed by atoms with E-state index in [1.807, 2.05) is 4.72 Å². The van der Waals surface area contributed by atoms with Crippen LogP contribution in [0.5, 0.6) is 5.75 Å². The summed E-state index contributed by atoms with van der Waals surface area (Å²) >= 11 is 1.39. The van der Waals surface area contributed by atoms with Crippen LogP contribution in [0.2, 0.25) is 0 Å². The topological polar surface area (TPSA) is 72.5 Å². The summed E-state index contributed by atoms with van der Waals surface area (Å²) < 4.78 is 54.7. The van der Waals surface area contributed by atoms with Crippen molar-refractivity contribution in [2.75, 3.05) is 12.0 Å². The first-order valence-corrected chi connectivity index (χ1v) is 8.75. The van der Waals surface area contributed by atoms with Crippen molar-refractivity contribution < 1.29 is 26.7 Å². The minimum atomic E-state index is -4.27. The number of carbonyl (C=O) groups is 1. The molecule has 0 spiro atoms. The van der Waals surface area contributed by atoms with Crippen molar-refractivity contribution in [2.24, 2.45) is 5.92 Å². The standard InChI is InChI=1S/C12H15F2NO4S2/c1-8(7-20-2)11(16)15-21(17,18)10-6-4-3-5-9(10)19-12(13)14/h3-6,8,12H,7H2,1-2H3,(H,15,16). The van der Waals surface area contributed by atoms with Crippen LogP contribution in [0.15, 0.2) is 29.2 Å². The van der Waals surface area contributed by atoms with Gasteiger partial charge < -0.3 is 4.74 Å². The third kappa shape index (κ3) is 5.16. The molecule has 118 valence electrons. The molecular formula is C12H15F2NO4S2. The van der Waals surface area contributed by atoms with Gasteiger partial charge in [-0.25, -0.2) is 13.1 Å². The van der Waals surface area contributed by atoms with Crippen molar-refractivity contribution in [1.82, 2.24) is 4.72 Å². The first-order valence-electron chi connectivity index (χ1n) is 5.87. The third-order valence-corrected chi connectivity index (χ3v) is 4.67. The largest absolute Gasteiger partial charge is 0.433 e. The first-order chi connectivity index (χ1) is 9.77. The molecule has 0 heterocycles. The van der Waals surface area contributed by atoms with E-state index in [2.05, 4.69) is 4.74 Å². The van der Waals surface area contributed by atoms with Crippen LogP contribution in [0.3, 0.4) is 0 Å². The Bertz CT molecular complexity index is 593. The lowest BCUT2D eigenvalue weighted by Gasteiger charge is -2.14. The number of para-hydroxylation sites is 1. The molecule has 0 aliphatic rings. The molecule has 9 heteroatoms. The number of halogens is 2. The second kappa shape index (κ2) is 7.60. The van der Waals surface area contributed by atoms with Crippen LogP contribution in [-0.4, -0.2) is 32.9 Å². The van der Waals surface area contributed by atoms with Crippen LogP contribution in [0.1, 0.15) is 6.92 Å². The summed E-state index contributed by atoms with van der Waals surface area (Å²) in [6, 6.07) is 4.89. The zero-order valence-corrected chi connectivity index (χ0v) is 13.0. The molecule has 1 atom stereocenters. The van der Waals surface area contributed by atoms with E-state index in [9.17, 15) is 22.0 Å². The molecule has 1 unspecified atom stereocenters.